The van der Waals surface area contributed by atoms with Crippen LogP contribution in [0.15, 0.2) is 24.3 Å². The van der Waals surface area contributed by atoms with E-state index < -0.39 is 6.10 Å². The molecule has 0 saturated carbocycles. The largest absolute Gasteiger partial charge is 0.497 e. The number of ether oxygens (including phenoxy) is 2. The average molecular weight is 222 g/mol. The third kappa shape index (κ3) is 2.74. The smallest absolute Gasteiger partial charge is 0.119 e. The molecule has 2 rings (SSSR count). The van der Waals surface area contributed by atoms with Gasteiger partial charge in [0.05, 0.1) is 13.2 Å². The highest BCUT2D eigenvalue weighted by molar-refractivity contribution is 5.29. The fraction of sp³-hybridized carbons (Fsp3) is 0.538. The normalized spacial score (nSPS) is 22.0. The van der Waals surface area contributed by atoms with Gasteiger partial charge in [0, 0.05) is 13.2 Å². The molecule has 1 fully saturated rings. The maximum Gasteiger partial charge on any atom is 0.119 e. The van der Waals surface area contributed by atoms with Crippen LogP contribution in [-0.4, -0.2) is 25.4 Å². The molecule has 1 aromatic carbocycles. The molecule has 1 aliphatic rings. The zero-order chi connectivity index (χ0) is 11.4. The number of aliphatic hydroxyl groups is 1. The number of benzene rings is 1. The number of rotatable bonds is 4. The number of methoxy groups -OCH3 is 1. The van der Waals surface area contributed by atoms with Gasteiger partial charge in [0.1, 0.15) is 5.75 Å². The lowest BCUT2D eigenvalue weighted by Gasteiger charge is -2.15. The first kappa shape index (κ1) is 11.4. The second kappa shape index (κ2) is 5.32. The van der Waals surface area contributed by atoms with E-state index in [0.717, 1.165) is 37.4 Å². The Morgan fingerprint density at radius 1 is 1.56 bits per heavy atom. The molecular formula is C13H18O3. The first-order valence-electron chi connectivity index (χ1n) is 5.69. The minimum atomic E-state index is -0.415. The van der Waals surface area contributed by atoms with E-state index in [9.17, 15) is 5.11 Å². The Kier molecular flexibility index (Phi) is 3.80. The number of hydrogen-bond acceptors (Lipinski definition) is 3. The summed E-state index contributed by atoms with van der Waals surface area (Å²) in [6, 6.07) is 7.61. The Morgan fingerprint density at radius 2 is 2.44 bits per heavy atom. The maximum absolute atomic E-state index is 10.1. The summed E-state index contributed by atoms with van der Waals surface area (Å²) in [6.07, 6.45) is 1.41. The molecule has 0 amide bonds. The summed E-state index contributed by atoms with van der Waals surface area (Å²) in [5.41, 5.74) is 0.922. The van der Waals surface area contributed by atoms with Gasteiger partial charge >= 0.3 is 0 Å². The van der Waals surface area contributed by atoms with Crippen LogP contribution in [0.2, 0.25) is 0 Å². The van der Waals surface area contributed by atoms with Crippen LogP contribution in [0.5, 0.6) is 5.75 Å². The van der Waals surface area contributed by atoms with Crippen molar-refractivity contribution in [3.05, 3.63) is 29.8 Å². The van der Waals surface area contributed by atoms with Gasteiger partial charge in [0.15, 0.2) is 0 Å². The summed E-state index contributed by atoms with van der Waals surface area (Å²) < 4.78 is 10.4. The molecule has 3 nitrogen and oxygen atoms in total. The lowest BCUT2D eigenvalue weighted by atomic mass is 9.96. The quantitative estimate of drug-likeness (QED) is 0.848. The van der Waals surface area contributed by atoms with E-state index in [0.29, 0.717) is 5.92 Å². The zero-order valence-corrected chi connectivity index (χ0v) is 9.56. The standard InChI is InChI=1S/C13H18O3/c1-15-12-4-2-3-11(8-12)13(14)7-10-5-6-16-9-10/h2-4,8,10,13-14H,5-7,9H2,1H3. The molecule has 1 N–H and O–H groups in total. The molecule has 3 heteroatoms. The topological polar surface area (TPSA) is 38.7 Å². The van der Waals surface area contributed by atoms with Crippen molar-refractivity contribution in [3.8, 4) is 5.75 Å². The van der Waals surface area contributed by atoms with Crippen LogP contribution in [0.25, 0.3) is 0 Å². The highest BCUT2D eigenvalue weighted by atomic mass is 16.5. The second-order valence-electron chi connectivity index (χ2n) is 4.26. The van der Waals surface area contributed by atoms with Gasteiger partial charge in [-0.1, -0.05) is 12.1 Å². The fourth-order valence-corrected chi connectivity index (χ4v) is 2.07. The molecule has 0 bridgehead atoms. The molecule has 0 radical (unpaired) electrons. The lowest BCUT2D eigenvalue weighted by molar-refractivity contribution is 0.129. The van der Waals surface area contributed by atoms with E-state index in [1.54, 1.807) is 7.11 Å². The lowest BCUT2D eigenvalue weighted by Crippen LogP contribution is -2.07. The Labute approximate surface area is 96.0 Å². The van der Waals surface area contributed by atoms with E-state index in [4.69, 9.17) is 9.47 Å². The van der Waals surface area contributed by atoms with Crippen molar-refractivity contribution in [3.63, 3.8) is 0 Å². The molecule has 88 valence electrons. The average Bonchev–Trinajstić information content (AvgIpc) is 2.82. The highest BCUT2D eigenvalue weighted by Crippen LogP contribution is 2.27. The SMILES string of the molecule is COc1cccc(C(O)CC2CCOC2)c1. The molecule has 2 atom stereocenters. The van der Waals surface area contributed by atoms with Crippen molar-refractivity contribution in [1.82, 2.24) is 0 Å². The summed E-state index contributed by atoms with van der Waals surface area (Å²) in [4.78, 5) is 0. The van der Waals surface area contributed by atoms with Crippen molar-refractivity contribution in [2.75, 3.05) is 20.3 Å². The maximum atomic E-state index is 10.1. The van der Waals surface area contributed by atoms with Gasteiger partial charge < -0.3 is 14.6 Å². The molecule has 16 heavy (non-hydrogen) atoms. The Hall–Kier alpha value is -1.06. The first-order valence-corrected chi connectivity index (χ1v) is 5.69. The first-order chi connectivity index (χ1) is 7.79. The van der Waals surface area contributed by atoms with Crippen molar-refractivity contribution in [2.24, 2.45) is 5.92 Å². The number of aliphatic hydroxyl groups excluding tert-OH is 1. The van der Waals surface area contributed by atoms with Crippen LogP contribution in [-0.2, 0) is 4.74 Å². The monoisotopic (exact) mass is 222 g/mol. The third-order valence-electron chi connectivity index (χ3n) is 3.06. The minimum Gasteiger partial charge on any atom is -0.497 e. The summed E-state index contributed by atoms with van der Waals surface area (Å²) in [7, 11) is 1.64. The number of hydrogen-bond donors (Lipinski definition) is 1. The van der Waals surface area contributed by atoms with E-state index in [1.807, 2.05) is 24.3 Å². The Balaban J connectivity index is 1.98. The van der Waals surface area contributed by atoms with Crippen molar-refractivity contribution >= 4 is 0 Å². The summed E-state index contributed by atoms with van der Waals surface area (Å²) in [5, 5.41) is 10.1. The van der Waals surface area contributed by atoms with Gasteiger partial charge in [-0.25, -0.2) is 0 Å². The molecule has 0 spiro atoms. The highest BCUT2D eigenvalue weighted by Gasteiger charge is 2.20. The van der Waals surface area contributed by atoms with Crippen molar-refractivity contribution < 1.29 is 14.6 Å². The summed E-state index contributed by atoms with van der Waals surface area (Å²) in [5.74, 6) is 1.28. The minimum absolute atomic E-state index is 0.415. The predicted octanol–water partition coefficient (Wildman–Crippen LogP) is 2.16. The molecular weight excluding hydrogens is 204 g/mol. The van der Waals surface area contributed by atoms with E-state index in [1.165, 1.54) is 0 Å². The van der Waals surface area contributed by atoms with Gasteiger partial charge in [0.25, 0.3) is 0 Å². The van der Waals surface area contributed by atoms with Crippen LogP contribution in [0.4, 0.5) is 0 Å². The molecule has 0 aromatic heterocycles. The van der Waals surface area contributed by atoms with Gasteiger partial charge in [-0.15, -0.1) is 0 Å². The van der Waals surface area contributed by atoms with Crippen LogP contribution < -0.4 is 4.74 Å². The van der Waals surface area contributed by atoms with Gasteiger partial charge in [0.2, 0.25) is 0 Å². The predicted molar refractivity (Wildman–Crippen MR) is 61.5 cm³/mol. The third-order valence-corrected chi connectivity index (χ3v) is 3.06. The molecule has 0 aliphatic carbocycles. The van der Waals surface area contributed by atoms with Gasteiger partial charge in [-0.2, -0.15) is 0 Å². The van der Waals surface area contributed by atoms with Crippen molar-refractivity contribution in [2.45, 2.75) is 18.9 Å². The van der Waals surface area contributed by atoms with Crippen LogP contribution >= 0.6 is 0 Å². The van der Waals surface area contributed by atoms with Gasteiger partial charge in [-0.3, -0.25) is 0 Å². The second-order valence-corrected chi connectivity index (χ2v) is 4.26. The van der Waals surface area contributed by atoms with Crippen LogP contribution in [0.3, 0.4) is 0 Å². The molecule has 1 heterocycles. The fourth-order valence-electron chi connectivity index (χ4n) is 2.07. The molecule has 1 aromatic rings. The van der Waals surface area contributed by atoms with E-state index in [2.05, 4.69) is 0 Å². The van der Waals surface area contributed by atoms with Gasteiger partial charge in [-0.05, 0) is 36.5 Å². The Morgan fingerprint density at radius 3 is 3.12 bits per heavy atom. The van der Waals surface area contributed by atoms with E-state index in [-0.39, 0.29) is 0 Å². The Bertz CT molecular complexity index is 332. The van der Waals surface area contributed by atoms with Crippen molar-refractivity contribution in [1.29, 1.82) is 0 Å². The van der Waals surface area contributed by atoms with Crippen LogP contribution in [0.1, 0.15) is 24.5 Å². The van der Waals surface area contributed by atoms with E-state index >= 15 is 0 Å². The molecule has 1 aliphatic heterocycles. The summed E-state index contributed by atoms with van der Waals surface area (Å²) in [6.45, 7) is 1.61. The van der Waals surface area contributed by atoms with Crippen LogP contribution in [0, 0.1) is 5.92 Å². The zero-order valence-electron chi connectivity index (χ0n) is 9.56. The molecule has 1 saturated heterocycles. The molecule has 2 unspecified atom stereocenters. The summed E-state index contributed by atoms with van der Waals surface area (Å²) >= 11 is 0.